The van der Waals surface area contributed by atoms with Crippen LogP contribution in [0, 0.1) is 0 Å². The molecule has 3 heterocycles. The van der Waals surface area contributed by atoms with Gasteiger partial charge in [-0.1, -0.05) is 18.2 Å². The fourth-order valence-electron chi connectivity index (χ4n) is 3.45. The van der Waals surface area contributed by atoms with Crippen molar-refractivity contribution in [2.45, 2.75) is 0 Å². The van der Waals surface area contributed by atoms with Crippen LogP contribution in [0.4, 0.5) is 0 Å². The smallest absolute Gasteiger partial charge is 0.120 e. The molecule has 0 radical (unpaired) electrons. The molecule has 5 rings (SSSR count). The van der Waals surface area contributed by atoms with Gasteiger partial charge in [0.05, 0.1) is 29.4 Å². The van der Waals surface area contributed by atoms with Crippen molar-refractivity contribution in [3.05, 3.63) is 67.0 Å². The van der Waals surface area contributed by atoms with Crippen LogP contribution in [0.25, 0.3) is 44.0 Å². The summed E-state index contributed by atoms with van der Waals surface area (Å²) in [5.41, 5.74) is 5.06. The number of hydrogen-bond acceptors (Lipinski definition) is 3. The molecule has 0 saturated heterocycles. The van der Waals surface area contributed by atoms with Crippen molar-refractivity contribution in [1.29, 1.82) is 0 Å². The first-order valence-electron chi connectivity index (χ1n) is 8.14. The molecule has 0 spiro atoms. The van der Waals surface area contributed by atoms with Crippen molar-refractivity contribution < 1.29 is 4.74 Å². The van der Waals surface area contributed by atoms with Gasteiger partial charge in [0.2, 0.25) is 0 Å². The number of nitrogens with one attached hydrogen (secondary N) is 1. The molecule has 0 saturated carbocycles. The Kier molecular flexibility index (Phi) is 2.97. The average molecular weight is 325 g/mol. The quantitative estimate of drug-likeness (QED) is 0.500. The van der Waals surface area contributed by atoms with Crippen molar-refractivity contribution >= 4 is 32.7 Å². The van der Waals surface area contributed by atoms with E-state index in [4.69, 9.17) is 4.74 Å². The van der Waals surface area contributed by atoms with Gasteiger partial charge in [0.25, 0.3) is 0 Å². The van der Waals surface area contributed by atoms with E-state index in [2.05, 4.69) is 33.2 Å². The van der Waals surface area contributed by atoms with Crippen molar-refractivity contribution in [3.8, 4) is 17.0 Å². The number of pyridine rings is 2. The van der Waals surface area contributed by atoms with Crippen LogP contribution in [0.5, 0.6) is 5.75 Å². The zero-order valence-electron chi connectivity index (χ0n) is 13.7. The number of rotatable bonds is 2. The van der Waals surface area contributed by atoms with E-state index in [1.807, 2.05) is 48.8 Å². The number of hydrogen-bond donors (Lipinski definition) is 1. The van der Waals surface area contributed by atoms with Crippen molar-refractivity contribution in [3.63, 3.8) is 0 Å². The molecule has 0 aliphatic heterocycles. The number of fused-ring (bicyclic) bond motifs is 4. The Morgan fingerprint density at radius 3 is 2.72 bits per heavy atom. The Morgan fingerprint density at radius 2 is 1.80 bits per heavy atom. The number of aromatic amines is 1. The molecule has 25 heavy (non-hydrogen) atoms. The number of methoxy groups -OCH3 is 1. The first kappa shape index (κ1) is 14.0. The molecule has 0 bridgehead atoms. The largest absolute Gasteiger partial charge is 0.497 e. The van der Waals surface area contributed by atoms with E-state index < -0.39 is 0 Å². The van der Waals surface area contributed by atoms with E-state index in [-0.39, 0.29) is 0 Å². The van der Waals surface area contributed by atoms with Crippen LogP contribution in [0.1, 0.15) is 0 Å². The molecular formula is C21H15N3O. The number of H-pyrrole nitrogens is 1. The lowest BCUT2D eigenvalue weighted by molar-refractivity contribution is 0.415. The minimum absolute atomic E-state index is 0.836. The molecule has 1 N–H and O–H groups in total. The topological polar surface area (TPSA) is 50.8 Å². The fourth-order valence-corrected chi connectivity index (χ4v) is 3.45. The van der Waals surface area contributed by atoms with E-state index in [0.717, 1.165) is 49.7 Å². The summed E-state index contributed by atoms with van der Waals surface area (Å²) >= 11 is 0. The second kappa shape index (κ2) is 5.31. The van der Waals surface area contributed by atoms with Crippen LogP contribution in [0.3, 0.4) is 0 Å². The predicted molar refractivity (Wildman–Crippen MR) is 101 cm³/mol. The molecule has 0 fully saturated rings. The molecular weight excluding hydrogens is 310 g/mol. The highest BCUT2D eigenvalue weighted by Gasteiger charge is 2.13. The zero-order chi connectivity index (χ0) is 16.8. The monoisotopic (exact) mass is 325 g/mol. The van der Waals surface area contributed by atoms with E-state index in [0.29, 0.717) is 0 Å². The Bertz CT molecular complexity index is 1230. The Balaban J connectivity index is 1.87. The van der Waals surface area contributed by atoms with Gasteiger partial charge in [0.15, 0.2) is 0 Å². The van der Waals surface area contributed by atoms with E-state index in [9.17, 15) is 0 Å². The predicted octanol–water partition coefficient (Wildman–Crippen LogP) is 4.94. The van der Waals surface area contributed by atoms with Crippen LogP contribution in [-0.2, 0) is 0 Å². The van der Waals surface area contributed by atoms with Gasteiger partial charge < -0.3 is 9.72 Å². The van der Waals surface area contributed by atoms with Gasteiger partial charge in [0, 0.05) is 40.2 Å². The summed E-state index contributed by atoms with van der Waals surface area (Å²) in [6.07, 6.45) is 3.68. The third-order valence-electron chi connectivity index (χ3n) is 4.63. The van der Waals surface area contributed by atoms with Crippen molar-refractivity contribution in [2.75, 3.05) is 7.11 Å². The lowest BCUT2D eigenvalue weighted by Gasteiger charge is -2.06. The maximum absolute atomic E-state index is 5.35. The first-order valence-corrected chi connectivity index (χ1v) is 8.14. The zero-order valence-corrected chi connectivity index (χ0v) is 13.7. The Morgan fingerprint density at radius 1 is 0.840 bits per heavy atom. The van der Waals surface area contributed by atoms with E-state index in [1.54, 1.807) is 7.11 Å². The summed E-state index contributed by atoms with van der Waals surface area (Å²) in [6, 6.07) is 18.3. The van der Waals surface area contributed by atoms with E-state index >= 15 is 0 Å². The fraction of sp³-hybridized carbons (Fsp3) is 0.0476. The van der Waals surface area contributed by atoms with Gasteiger partial charge >= 0.3 is 0 Å². The first-order chi connectivity index (χ1) is 12.3. The number of benzene rings is 2. The minimum atomic E-state index is 0.836. The maximum Gasteiger partial charge on any atom is 0.120 e. The highest BCUT2D eigenvalue weighted by atomic mass is 16.5. The maximum atomic E-state index is 5.35. The standard InChI is InChI=1S/C21H15N3O/c1-25-13-7-8-15-17-9-11-23-20(21(17)24-19(15)12-13)16-4-2-6-18-14(16)5-3-10-22-18/h2-12,24H,1H3. The molecule has 0 aliphatic carbocycles. The average Bonchev–Trinajstić information content (AvgIpc) is 3.05. The van der Waals surface area contributed by atoms with Gasteiger partial charge in [-0.2, -0.15) is 0 Å². The van der Waals surface area contributed by atoms with Crippen LogP contribution in [0.15, 0.2) is 67.0 Å². The molecule has 0 atom stereocenters. The third kappa shape index (κ3) is 2.08. The van der Waals surface area contributed by atoms with Crippen LogP contribution in [-0.4, -0.2) is 22.1 Å². The summed E-state index contributed by atoms with van der Waals surface area (Å²) in [5, 5.41) is 3.42. The normalized spacial score (nSPS) is 11.4. The number of nitrogens with zero attached hydrogens (tertiary/aromatic N) is 2. The van der Waals surface area contributed by atoms with Crippen LogP contribution in [0.2, 0.25) is 0 Å². The second-order valence-corrected chi connectivity index (χ2v) is 5.99. The highest BCUT2D eigenvalue weighted by Crippen LogP contribution is 2.35. The summed E-state index contributed by atoms with van der Waals surface area (Å²) in [6.45, 7) is 0. The molecule has 2 aromatic carbocycles. The molecule has 0 aliphatic rings. The van der Waals surface area contributed by atoms with Crippen LogP contribution >= 0.6 is 0 Å². The molecule has 0 amide bonds. The summed E-state index contributed by atoms with van der Waals surface area (Å²) in [4.78, 5) is 12.7. The molecule has 0 unspecified atom stereocenters. The minimum Gasteiger partial charge on any atom is -0.497 e. The Hall–Kier alpha value is -3.40. The van der Waals surface area contributed by atoms with Crippen molar-refractivity contribution in [2.24, 2.45) is 0 Å². The lowest BCUT2D eigenvalue weighted by Crippen LogP contribution is -1.88. The van der Waals surface area contributed by atoms with Gasteiger partial charge in [-0.15, -0.1) is 0 Å². The second-order valence-electron chi connectivity index (χ2n) is 5.99. The molecule has 4 heteroatoms. The molecule has 4 nitrogen and oxygen atoms in total. The van der Waals surface area contributed by atoms with Gasteiger partial charge in [-0.3, -0.25) is 9.97 Å². The lowest BCUT2D eigenvalue weighted by atomic mass is 10.0. The number of ether oxygens (including phenoxy) is 1. The molecule has 3 aromatic heterocycles. The van der Waals surface area contributed by atoms with Gasteiger partial charge in [-0.05, 0) is 30.3 Å². The van der Waals surface area contributed by atoms with Crippen molar-refractivity contribution in [1.82, 2.24) is 15.0 Å². The SMILES string of the molecule is COc1ccc2c(c1)[nH]c1c(-c3cccc4ncccc34)nccc12. The summed E-state index contributed by atoms with van der Waals surface area (Å²) in [5.74, 6) is 0.836. The summed E-state index contributed by atoms with van der Waals surface area (Å²) in [7, 11) is 1.68. The Labute approximate surface area is 144 Å². The van der Waals surface area contributed by atoms with Gasteiger partial charge in [-0.25, -0.2) is 0 Å². The van der Waals surface area contributed by atoms with Crippen LogP contribution < -0.4 is 4.74 Å². The third-order valence-corrected chi connectivity index (χ3v) is 4.63. The molecule has 120 valence electrons. The summed E-state index contributed by atoms with van der Waals surface area (Å²) < 4.78 is 5.35. The van der Waals surface area contributed by atoms with Gasteiger partial charge in [0.1, 0.15) is 5.75 Å². The number of aromatic nitrogens is 3. The molecule has 5 aromatic rings. The van der Waals surface area contributed by atoms with E-state index in [1.165, 1.54) is 0 Å². The highest BCUT2D eigenvalue weighted by molar-refractivity contribution is 6.13.